The molecule has 0 radical (unpaired) electrons. The summed E-state index contributed by atoms with van der Waals surface area (Å²) in [4.78, 5) is 3.90. The van der Waals surface area contributed by atoms with E-state index in [4.69, 9.17) is 0 Å². The Kier molecular flexibility index (Phi) is 5.47. The number of nitrogens with one attached hydrogen (secondary N) is 2. The fourth-order valence-electron chi connectivity index (χ4n) is 1.80. The largest absolute Gasteiger partial charge is 0.314 e. The first kappa shape index (κ1) is 15.4. The molecule has 20 heavy (non-hydrogen) atoms. The standard InChI is InChI=1S/C13H22N4O2S/c1-17(10-2-7-15-13-3-4-13)20(18,19)16-11-12-5-8-14-9-6-12/h5-6,8-9,13,15-16H,2-4,7,10-11H2,1H3. The number of aromatic nitrogens is 1. The SMILES string of the molecule is CN(CCCNC1CC1)S(=O)(=O)NCc1ccncc1. The van der Waals surface area contributed by atoms with Crippen LogP contribution in [0.2, 0.25) is 0 Å². The third-order valence-electron chi connectivity index (χ3n) is 3.28. The van der Waals surface area contributed by atoms with Crippen molar-refractivity contribution in [2.75, 3.05) is 20.1 Å². The fraction of sp³-hybridized carbons (Fsp3) is 0.615. The van der Waals surface area contributed by atoms with Crippen molar-refractivity contribution in [1.82, 2.24) is 19.3 Å². The van der Waals surface area contributed by atoms with E-state index in [9.17, 15) is 8.42 Å². The molecule has 2 rings (SSSR count). The van der Waals surface area contributed by atoms with Gasteiger partial charge in [-0.2, -0.15) is 17.4 Å². The second-order valence-electron chi connectivity index (χ2n) is 5.09. The van der Waals surface area contributed by atoms with Gasteiger partial charge in [0, 0.05) is 38.6 Å². The molecule has 1 aliphatic rings. The second kappa shape index (κ2) is 7.12. The summed E-state index contributed by atoms with van der Waals surface area (Å²) in [5, 5.41) is 3.37. The van der Waals surface area contributed by atoms with Gasteiger partial charge in [0.25, 0.3) is 10.2 Å². The smallest absolute Gasteiger partial charge is 0.279 e. The average molecular weight is 298 g/mol. The number of rotatable bonds is 9. The zero-order valence-corrected chi connectivity index (χ0v) is 12.6. The van der Waals surface area contributed by atoms with E-state index in [1.54, 1.807) is 31.6 Å². The molecule has 0 spiro atoms. The minimum Gasteiger partial charge on any atom is -0.314 e. The minimum absolute atomic E-state index is 0.287. The Bertz CT molecular complexity index is 502. The number of pyridine rings is 1. The molecule has 0 aromatic carbocycles. The lowest BCUT2D eigenvalue weighted by molar-refractivity contribution is 0.444. The van der Waals surface area contributed by atoms with E-state index in [-0.39, 0.29) is 6.54 Å². The number of hydrogen-bond donors (Lipinski definition) is 2. The predicted octanol–water partition coefficient (Wildman–Crippen LogP) is 0.490. The highest BCUT2D eigenvalue weighted by Gasteiger charge is 2.20. The summed E-state index contributed by atoms with van der Waals surface area (Å²) in [6.45, 7) is 1.68. The van der Waals surface area contributed by atoms with Crippen molar-refractivity contribution in [3.8, 4) is 0 Å². The molecular formula is C13H22N4O2S. The van der Waals surface area contributed by atoms with Crippen molar-refractivity contribution in [3.05, 3.63) is 30.1 Å². The van der Waals surface area contributed by atoms with Gasteiger partial charge in [-0.3, -0.25) is 4.98 Å². The zero-order valence-electron chi connectivity index (χ0n) is 11.7. The lowest BCUT2D eigenvalue weighted by Gasteiger charge is -2.17. The molecule has 0 aliphatic heterocycles. The van der Waals surface area contributed by atoms with Crippen molar-refractivity contribution in [1.29, 1.82) is 0 Å². The van der Waals surface area contributed by atoms with Crippen molar-refractivity contribution >= 4 is 10.2 Å². The first-order valence-electron chi connectivity index (χ1n) is 6.91. The molecule has 1 heterocycles. The topological polar surface area (TPSA) is 74.3 Å². The maximum Gasteiger partial charge on any atom is 0.279 e. The third-order valence-corrected chi connectivity index (χ3v) is 4.79. The van der Waals surface area contributed by atoms with E-state index >= 15 is 0 Å². The van der Waals surface area contributed by atoms with Gasteiger partial charge in [-0.1, -0.05) is 0 Å². The Balaban J connectivity index is 1.70. The van der Waals surface area contributed by atoms with Crippen LogP contribution < -0.4 is 10.0 Å². The van der Waals surface area contributed by atoms with Gasteiger partial charge in [0.05, 0.1) is 0 Å². The van der Waals surface area contributed by atoms with Gasteiger partial charge in [0.2, 0.25) is 0 Å². The van der Waals surface area contributed by atoms with Crippen molar-refractivity contribution < 1.29 is 8.42 Å². The van der Waals surface area contributed by atoms with E-state index in [1.807, 2.05) is 0 Å². The molecule has 0 bridgehead atoms. The normalized spacial score (nSPS) is 15.7. The molecule has 1 aromatic heterocycles. The van der Waals surface area contributed by atoms with Gasteiger partial charge in [-0.05, 0) is 43.5 Å². The maximum atomic E-state index is 12.0. The Labute approximate surface area is 120 Å². The van der Waals surface area contributed by atoms with E-state index < -0.39 is 10.2 Å². The molecule has 0 unspecified atom stereocenters. The Hall–Kier alpha value is -1.02. The summed E-state index contributed by atoms with van der Waals surface area (Å²) in [5.74, 6) is 0. The number of nitrogens with zero attached hydrogens (tertiary/aromatic N) is 2. The lowest BCUT2D eigenvalue weighted by atomic mass is 10.3. The Morgan fingerprint density at radius 2 is 2.05 bits per heavy atom. The molecule has 7 heteroatoms. The molecule has 1 saturated carbocycles. The van der Waals surface area contributed by atoms with Crippen LogP contribution in [-0.2, 0) is 16.8 Å². The monoisotopic (exact) mass is 298 g/mol. The van der Waals surface area contributed by atoms with Crippen LogP contribution >= 0.6 is 0 Å². The second-order valence-corrected chi connectivity index (χ2v) is 6.95. The molecule has 1 aromatic rings. The summed E-state index contributed by atoms with van der Waals surface area (Å²) in [7, 11) is -1.81. The van der Waals surface area contributed by atoms with Crippen LogP contribution in [0.4, 0.5) is 0 Å². The molecule has 1 aliphatic carbocycles. The zero-order chi connectivity index (χ0) is 14.4. The van der Waals surface area contributed by atoms with Gasteiger partial charge >= 0.3 is 0 Å². The summed E-state index contributed by atoms with van der Waals surface area (Å²) in [6.07, 6.45) is 6.63. The van der Waals surface area contributed by atoms with Crippen molar-refractivity contribution in [3.63, 3.8) is 0 Å². The Morgan fingerprint density at radius 1 is 1.35 bits per heavy atom. The van der Waals surface area contributed by atoms with Gasteiger partial charge < -0.3 is 5.32 Å². The molecule has 0 amide bonds. The van der Waals surface area contributed by atoms with Crippen LogP contribution in [0, 0.1) is 0 Å². The van der Waals surface area contributed by atoms with E-state index in [1.165, 1.54) is 17.1 Å². The van der Waals surface area contributed by atoms with Crippen molar-refractivity contribution in [2.24, 2.45) is 0 Å². The highest BCUT2D eigenvalue weighted by molar-refractivity contribution is 7.87. The summed E-state index contributed by atoms with van der Waals surface area (Å²) >= 11 is 0. The van der Waals surface area contributed by atoms with E-state index in [2.05, 4.69) is 15.0 Å². The van der Waals surface area contributed by atoms with Crippen LogP contribution in [0.25, 0.3) is 0 Å². The molecule has 1 fully saturated rings. The molecular weight excluding hydrogens is 276 g/mol. The highest BCUT2D eigenvalue weighted by Crippen LogP contribution is 2.18. The lowest BCUT2D eigenvalue weighted by Crippen LogP contribution is -2.39. The molecule has 6 nitrogen and oxygen atoms in total. The molecule has 112 valence electrons. The van der Waals surface area contributed by atoms with Gasteiger partial charge in [-0.15, -0.1) is 0 Å². The minimum atomic E-state index is -3.41. The summed E-state index contributed by atoms with van der Waals surface area (Å²) in [6, 6.07) is 4.26. The van der Waals surface area contributed by atoms with Crippen LogP contribution in [0.15, 0.2) is 24.5 Å². The maximum absolute atomic E-state index is 12.0. The highest BCUT2D eigenvalue weighted by atomic mass is 32.2. The van der Waals surface area contributed by atoms with Gasteiger partial charge in [-0.25, -0.2) is 0 Å². The van der Waals surface area contributed by atoms with Gasteiger partial charge in [0.15, 0.2) is 0 Å². The number of hydrogen-bond acceptors (Lipinski definition) is 4. The summed E-state index contributed by atoms with van der Waals surface area (Å²) in [5.41, 5.74) is 0.896. The van der Waals surface area contributed by atoms with Crippen LogP contribution in [0.1, 0.15) is 24.8 Å². The average Bonchev–Trinajstić information content (AvgIpc) is 3.26. The first-order valence-corrected chi connectivity index (χ1v) is 8.35. The van der Waals surface area contributed by atoms with Crippen LogP contribution in [0.3, 0.4) is 0 Å². The molecule has 0 atom stereocenters. The van der Waals surface area contributed by atoms with Crippen molar-refractivity contribution in [2.45, 2.75) is 31.8 Å². The van der Waals surface area contributed by atoms with E-state index in [0.717, 1.165) is 18.5 Å². The Morgan fingerprint density at radius 3 is 2.70 bits per heavy atom. The predicted molar refractivity (Wildman–Crippen MR) is 78.3 cm³/mol. The quantitative estimate of drug-likeness (QED) is 0.651. The van der Waals surface area contributed by atoms with Gasteiger partial charge in [0.1, 0.15) is 0 Å². The molecule has 2 N–H and O–H groups in total. The first-order chi connectivity index (χ1) is 9.58. The van der Waals surface area contributed by atoms with Crippen LogP contribution in [0.5, 0.6) is 0 Å². The van der Waals surface area contributed by atoms with Crippen LogP contribution in [-0.4, -0.2) is 43.9 Å². The fourth-order valence-corrected chi connectivity index (χ4v) is 2.74. The summed E-state index contributed by atoms with van der Waals surface area (Å²) < 4.78 is 28.0. The third kappa shape index (κ3) is 5.16. The molecule has 0 saturated heterocycles. The van der Waals surface area contributed by atoms with E-state index in [0.29, 0.717) is 12.6 Å².